The van der Waals surface area contributed by atoms with E-state index in [2.05, 4.69) is 29.4 Å². The van der Waals surface area contributed by atoms with E-state index in [9.17, 15) is 9.59 Å². The van der Waals surface area contributed by atoms with Crippen LogP contribution in [0.5, 0.6) is 0 Å². The van der Waals surface area contributed by atoms with Gasteiger partial charge in [-0.25, -0.2) is 0 Å². The molecular formula is C22H37N3O2S. The van der Waals surface area contributed by atoms with E-state index in [4.69, 9.17) is 0 Å². The number of amides is 2. The Morgan fingerprint density at radius 1 is 1.18 bits per heavy atom. The van der Waals surface area contributed by atoms with E-state index in [0.29, 0.717) is 35.7 Å². The smallest absolute Gasteiger partial charge is 0.225 e. The molecule has 6 heteroatoms. The predicted molar refractivity (Wildman–Crippen MR) is 114 cm³/mol. The predicted octanol–water partition coefficient (Wildman–Crippen LogP) is 2.51. The molecular weight excluding hydrogens is 370 g/mol. The summed E-state index contributed by atoms with van der Waals surface area (Å²) in [6.45, 7) is 5.57. The lowest BCUT2D eigenvalue weighted by Gasteiger charge is -2.50. The van der Waals surface area contributed by atoms with Crippen molar-refractivity contribution in [1.82, 2.24) is 15.5 Å². The standard InChI is InChI=1S/C22H37N3O2S/c1-13-4-5-17(24-21(26)15-6-7-28-12-15)10-18(13)19-9-16-11-23-14(2)8-20(16)25(3)22(19)27/h13-20,23H,4-12H2,1-3H3,(H,24,26). The second-order valence-electron chi connectivity index (χ2n) is 9.88. The lowest BCUT2D eigenvalue weighted by atomic mass is 9.65. The summed E-state index contributed by atoms with van der Waals surface area (Å²) in [4.78, 5) is 28.0. The van der Waals surface area contributed by atoms with Gasteiger partial charge in [0, 0.05) is 49.3 Å². The van der Waals surface area contributed by atoms with E-state index >= 15 is 0 Å². The summed E-state index contributed by atoms with van der Waals surface area (Å²) in [5.41, 5.74) is 0. The molecule has 8 unspecified atom stereocenters. The van der Waals surface area contributed by atoms with E-state index in [0.717, 1.165) is 56.6 Å². The maximum Gasteiger partial charge on any atom is 0.225 e. The lowest BCUT2D eigenvalue weighted by Crippen LogP contribution is -2.60. The number of carbonyl (C=O) groups excluding carboxylic acids is 2. The molecule has 2 amide bonds. The largest absolute Gasteiger partial charge is 0.353 e. The van der Waals surface area contributed by atoms with Gasteiger partial charge in [-0.15, -0.1) is 0 Å². The number of carbonyl (C=O) groups is 2. The Hall–Kier alpha value is -0.750. The van der Waals surface area contributed by atoms with Crippen molar-refractivity contribution in [2.24, 2.45) is 29.6 Å². The SMILES string of the molecule is CC1CC2C(CN1)CC(C1CC(NC(=O)C3CCSC3)CCC1C)C(=O)N2C. The van der Waals surface area contributed by atoms with Gasteiger partial charge in [0.05, 0.1) is 0 Å². The van der Waals surface area contributed by atoms with Gasteiger partial charge in [-0.1, -0.05) is 6.92 Å². The van der Waals surface area contributed by atoms with Gasteiger partial charge in [0.25, 0.3) is 0 Å². The van der Waals surface area contributed by atoms with Crippen molar-refractivity contribution in [3.05, 3.63) is 0 Å². The van der Waals surface area contributed by atoms with E-state index in [1.165, 1.54) is 0 Å². The molecule has 0 aromatic heterocycles. The van der Waals surface area contributed by atoms with Crippen LogP contribution in [-0.2, 0) is 9.59 Å². The minimum Gasteiger partial charge on any atom is -0.353 e. The van der Waals surface area contributed by atoms with Gasteiger partial charge in [-0.2, -0.15) is 11.8 Å². The van der Waals surface area contributed by atoms with Crippen LogP contribution in [-0.4, -0.2) is 59.9 Å². The fourth-order valence-corrected chi connectivity index (χ4v) is 7.38. The maximum absolute atomic E-state index is 13.3. The molecule has 4 aliphatic rings. The number of nitrogens with zero attached hydrogens (tertiary/aromatic N) is 1. The average Bonchev–Trinajstić information content (AvgIpc) is 3.22. The van der Waals surface area contributed by atoms with Crippen LogP contribution in [0.3, 0.4) is 0 Å². The molecule has 0 aromatic carbocycles. The topological polar surface area (TPSA) is 61.4 Å². The third-order valence-corrected chi connectivity index (χ3v) is 9.17. The van der Waals surface area contributed by atoms with E-state index in [-0.39, 0.29) is 23.8 Å². The van der Waals surface area contributed by atoms with Gasteiger partial charge < -0.3 is 15.5 Å². The molecule has 4 rings (SSSR count). The average molecular weight is 408 g/mol. The van der Waals surface area contributed by atoms with Crippen LogP contribution in [0.4, 0.5) is 0 Å². The fourth-order valence-electron chi connectivity index (χ4n) is 6.16. The van der Waals surface area contributed by atoms with Gasteiger partial charge in [0.1, 0.15) is 0 Å². The van der Waals surface area contributed by atoms with Crippen molar-refractivity contribution >= 4 is 23.6 Å². The van der Waals surface area contributed by atoms with Crippen molar-refractivity contribution in [3.8, 4) is 0 Å². The Bertz CT molecular complexity index is 594. The number of hydrogen-bond donors (Lipinski definition) is 2. The molecule has 2 N–H and O–H groups in total. The fraction of sp³-hybridized carbons (Fsp3) is 0.909. The van der Waals surface area contributed by atoms with Crippen LogP contribution in [0, 0.1) is 29.6 Å². The Labute approximate surface area is 174 Å². The molecule has 8 atom stereocenters. The molecule has 0 radical (unpaired) electrons. The Morgan fingerprint density at radius 3 is 2.75 bits per heavy atom. The van der Waals surface area contributed by atoms with Gasteiger partial charge in [0.15, 0.2) is 0 Å². The first kappa shape index (κ1) is 20.5. The van der Waals surface area contributed by atoms with Crippen LogP contribution >= 0.6 is 11.8 Å². The number of likely N-dealkylation sites (tertiary alicyclic amines) is 1. The van der Waals surface area contributed by atoms with Gasteiger partial charge in [-0.3, -0.25) is 9.59 Å². The molecule has 3 aliphatic heterocycles. The van der Waals surface area contributed by atoms with E-state index in [1.807, 2.05) is 18.8 Å². The molecule has 1 saturated carbocycles. The van der Waals surface area contributed by atoms with Gasteiger partial charge in [0.2, 0.25) is 11.8 Å². The van der Waals surface area contributed by atoms with Crippen LogP contribution in [0.15, 0.2) is 0 Å². The van der Waals surface area contributed by atoms with E-state index in [1.54, 1.807) is 0 Å². The third-order valence-electron chi connectivity index (χ3n) is 8.01. The van der Waals surface area contributed by atoms with Gasteiger partial charge in [-0.05, 0) is 69.0 Å². The second kappa shape index (κ2) is 8.55. The minimum atomic E-state index is 0.123. The minimum absolute atomic E-state index is 0.123. The zero-order chi connectivity index (χ0) is 19.8. The molecule has 28 heavy (non-hydrogen) atoms. The summed E-state index contributed by atoms with van der Waals surface area (Å²) >= 11 is 1.89. The van der Waals surface area contributed by atoms with Crippen molar-refractivity contribution in [3.63, 3.8) is 0 Å². The van der Waals surface area contributed by atoms with Crippen LogP contribution < -0.4 is 10.6 Å². The molecule has 0 aromatic rings. The number of rotatable bonds is 3. The van der Waals surface area contributed by atoms with Gasteiger partial charge >= 0.3 is 0 Å². The number of nitrogens with one attached hydrogen (secondary N) is 2. The zero-order valence-electron chi connectivity index (χ0n) is 17.7. The third kappa shape index (κ3) is 4.09. The highest BCUT2D eigenvalue weighted by Crippen LogP contribution is 2.43. The summed E-state index contributed by atoms with van der Waals surface area (Å²) < 4.78 is 0. The first-order valence-electron chi connectivity index (χ1n) is 11.3. The van der Waals surface area contributed by atoms with Crippen LogP contribution in [0.2, 0.25) is 0 Å². The first-order chi connectivity index (χ1) is 13.4. The van der Waals surface area contributed by atoms with E-state index < -0.39 is 0 Å². The molecule has 158 valence electrons. The molecule has 0 bridgehead atoms. The van der Waals surface area contributed by atoms with Crippen molar-refractivity contribution in [2.75, 3.05) is 25.1 Å². The van der Waals surface area contributed by atoms with Crippen LogP contribution in [0.1, 0.15) is 52.4 Å². The molecule has 5 nitrogen and oxygen atoms in total. The maximum atomic E-state index is 13.3. The Kier molecular flexibility index (Phi) is 6.26. The normalized spacial score (nSPS) is 44.2. The number of piperidine rings is 2. The first-order valence-corrected chi connectivity index (χ1v) is 12.5. The Morgan fingerprint density at radius 2 is 2.00 bits per heavy atom. The second-order valence-corrected chi connectivity index (χ2v) is 11.0. The Balaban J connectivity index is 1.41. The van der Waals surface area contributed by atoms with Crippen molar-refractivity contribution in [2.45, 2.75) is 70.5 Å². The molecule has 3 saturated heterocycles. The molecule has 1 aliphatic carbocycles. The summed E-state index contributed by atoms with van der Waals surface area (Å²) in [6, 6.07) is 1.14. The highest BCUT2D eigenvalue weighted by atomic mass is 32.2. The highest BCUT2D eigenvalue weighted by Gasteiger charge is 2.47. The number of hydrogen-bond acceptors (Lipinski definition) is 4. The molecule has 3 heterocycles. The van der Waals surface area contributed by atoms with Crippen molar-refractivity contribution < 1.29 is 9.59 Å². The summed E-state index contributed by atoms with van der Waals surface area (Å²) in [6.07, 6.45) is 6.25. The molecule has 0 spiro atoms. The monoisotopic (exact) mass is 407 g/mol. The summed E-state index contributed by atoms with van der Waals surface area (Å²) in [5.74, 6) is 4.53. The number of fused-ring (bicyclic) bond motifs is 1. The van der Waals surface area contributed by atoms with Crippen LogP contribution in [0.25, 0.3) is 0 Å². The molecule has 4 fully saturated rings. The summed E-state index contributed by atoms with van der Waals surface area (Å²) in [5, 5.41) is 6.97. The van der Waals surface area contributed by atoms with Crippen molar-refractivity contribution in [1.29, 1.82) is 0 Å². The lowest BCUT2D eigenvalue weighted by molar-refractivity contribution is -0.148. The summed E-state index contributed by atoms with van der Waals surface area (Å²) in [7, 11) is 2.02. The number of thioether (sulfide) groups is 1. The zero-order valence-corrected chi connectivity index (χ0v) is 18.5. The quantitative estimate of drug-likeness (QED) is 0.755. The highest BCUT2D eigenvalue weighted by molar-refractivity contribution is 7.99.